The summed E-state index contributed by atoms with van der Waals surface area (Å²) in [4.78, 5) is 32.6. The number of aliphatic hydroxyl groups is 1. The van der Waals surface area contributed by atoms with Gasteiger partial charge in [0.1, 0.15) is 18.1 Å². The number of benzene rings is 2. The molecule has 0 radical (unpaired) electrons. The third-order valence-corrected chi connectivity index (χ3v) is 10.1. The maximum Gasteiger partial charge on any atom is 0.459 e. The molecule has 2 aromatic carbocycles. The van der Waals surface area contributed by atoms with Crippen LogP contribution in [0.2, 0.25) is 0 Å². The van der Waals surface area contributed by atoms with E-state index in [-0.39, 0.29) is 31.5 Å². The number of nitrogens with one attached hydrogen (secondary N) is 1. The normalized spacial score (nSPS) is 21.0. The molecule has 1 aromatic heterocycles. The van der Waals surface area contributed by atoms with Gasteiger partial charge in [-0.2, -0.15) is 10.1 Å². The number of carbonyl (C=O) groups is 1. The van der Waals surface area contributed by atoms with Gasteiger partial charge in [0.25, 0.3) is 0 Å². The van der Waals surface area contributed by atoms with Crippen molar-refractivity contribution in [3.8, 4) is 5.75 Å². The number of hydrogen-bond acceptors (Lipinski definition) is 11. The number of fused-ring (bicyclic) bond motifs is 1. The molecule has 41 heavy (non-hydrogen) atoms. The monoisotopic (exact) mass is 605 g/mol. The highest BCUT2D eigenvalue weighted by atomic mass is 32.2. The molecule has 12 nitrogen and oxygen atoms in total. The Morgan fingerprint density at radius 3 is 2.71 bits per heavy atom. The number of esters is 1. The van der Waals surface area contributed by atoms with E-state index in [1.165, 1.54) is 29.6 Å². The van der Waals surface area contributed by atoms with E-state index in [1.54, 1.807) is 12.1 Å². The Morgan fingerprint density at radius 1 is 1.24 bits per heavy atom. The third-order valence-electron chi connectivity index (χ3n) is 6.96. The molecule has 0 saturated carbocycles. The van der Waals surface area contributed by atoms with Gasteiger partial charge in [-0.15, -0.1) is 11.8 Å². The smallest absolute Gasteiger partial charge is 0.459 e. The van der Waals surface area contributed by atoms with Crippen LogP contribution in [0.25, 0.3) is 10.8 Å². The Morgan fingerprint density at radius 2 is 1.98 bits per heavy atom. The van der Waals surface area contributed by atoms with E-state index >= 15 is 0 Å². The van der Waals surface area contributed by atoms with Crippen LogP contribution in [0.5, 0.6) is 5.75 Å². The number of anilines is 1. The Hall–Kier alpha value is -2.96. The molecule has 1 fully saturated rings. The van der Waals surface area contributed by atoms with Crippen molar-refractivity contribution >= 4 is 42.2 Å². The van der Waals surface area contributed by atoms with Gasteiger partial charge in [-0.25, -0.2) is 14.3 Å². The first-order valence-corrected chi connectivity index (χ1v) is 16.0. The predicted octanol–water partition coefficient (Wildman–Crippen LogP) is 3.90. The molecule has 1 aliphatic rings. The molecule has 5 atom stereocenters. The molecule has 0 spiro atoms. The van der Waals surface area contributed by atoms with Gasteiger partial charge >= 0.3 is 19.4 Å². The lowest BCUT2D eigenvalue weighted by Crippen LogP contribution is -2.36. The summed E-state index contributed by atoms with van der Waals surface area (Å²) in [5.74, 6) is -0.186. The highest BCUT2D eigenvalue weighted by Gasteiger charge is 2.39. The van der Waals surface area contributed by atoms with Crippen LogP contribution in [0.4, 0.5) is 5.95 Å². The molecular formula is C27H36N5O7PS. The zero-order valence-corrected chi connectivity index (χ0v) is 24.9. The number of thioether (sulfide) groups is 1. The zero-order chi connectivity index (χ0) is 29.6. The van der Waals surface area contributed by atoms with Crippen molar-refractivity contribution < 1.29 is 28.3 Å². The van der Waals surface area contributed by atoms with E-state index in [4.69, 9.17) is 19.5 Å². The molecule has 1 unspecified atom stereocenters. The van der Waals surface area contributed by atoms with Crippen molar-refractivity contribution in [3.63, 3.8) is 0 Å². The molecule has 0 aliphatic carbocycles. The van der Waals surface area contributed by atoms with Gasteiger partial charge in [0.05, 0.1) is 29.9 Å². The van der Waals surface area contributed by atoms with Crippen LogP contribution in [0, 0.1) is 5.92 Å². The SMILES string of the molecule is CCC(CC)COC(=O)[C@H](C)NP(=O)(OC[C@H]1S[C@@H](n2cnc(N)nc2=O)C[C@H]1O)Oc1cccc2ccccc12. The number of hydrogen-bond donors (Lipinski definition) is 3. The summed E-state index contributed by atoms with van der Waals surface area (Å²) in [6.07, 6.45) is 2.35. The summed E-state index contributed by atoms with van der Waals surface area (Å²) in [5, 5.41) is 14.0. The van der Waals surface area contributed by atoms with Crippen LogP contribution in [0.3, 0.4) is 0 Å². The number of carbonyl (C=O) groups excluding carboxylic acids is 1. The molecule has 1 aliphatic heterocycles. The minimum Gasteiger partial charge on any atom is -0.464 e. The van der Waals surface area contributed by atoms with Crippen molar-refractivity contribution in [1.29, 1.82) is 0 Å². The summed E-state index contributed by atoms with van der Waals surface area (Å²) in [6.45, 7) is 5.65. The third kappa shape index (κ3) is 7.87. The maximum atomic E-state index is 14.2. The minimum absolute atomic E-state index is 0.139. The van der Waals surface area contributed by atoms with Crippen LogP contribution in [-0.4, -0.2) is 56.2 Å². The molecule has 14 heteroatoms. The van der Waals surface area contributed by atoms with Crippen molar-refractivity contribution in [2.75, 3.05) is 18.9 Å². The Labute approximate surface area is 242 Å². The standard InChI is InChI=1S/C27H36N5O7PS/c1-4-18(5-2)14-37-25(34)17(3)31-40(36,39-22-12-8-10-19-9-6-7-11-20(19)22)38-15-23-21(33)13-24(41-23)32-16-29-26(28)30-27(32)35/h6-12,16-18,21,23-24,33H,4-5,13-15H2,1-3H3,(H,31,36)(H2,28,30,35)/t17-,21+,23+,24+,40?/m0/s1. The molecule has 4 rings (SSSR count). The van der Waals surface area contributed by atoms with E-state index in [0.717, 1.165) is 18.2 Å². The number of rotatable bonds is 13. The number of ether oxygens (including phenoxy) is 1. The number of nitrogen functional groups attached to an aromatic ring is 1. The fourth-order valence-electron chi connectivity index (χ4n) is 4.39. The van der Waals surface area contributed by atoms with E-state index in [0.29, 0.717) is 11.1 Å². The van der Waals surface area contributed by atoms with Crippen LogP contribution in [0.1, 0.15) is 45.4 Å². The highest BCUT2D eigenvalue weighted by molar-refractivity contribution is 8.00. The Kier molecular flexibility index (Phi) is 10.4. The topological polar surface area (TPSA) is 168 Å². The second kappa shape index (κ2) is 13.8. The van der Waals surface area contributed by atoms with E-state index in [2.05, 4.69) is 15.1 Å². The molecule has 3 aromatic rings. The lowest BCUT2D eigenvalue weighted by Gasteiger charge is -2.25. The van der Waals surface area contributed by atoms with Gasteiger partial charge in [0.2, 0.25) is 5.95 Å². The second-order valence-corrected chi connectivity index (χ2v) is 13.0. The lowest BCUT2D eigenvalue weighted by molar-refractivity contribution is -0.146. The average molecular weight is 606 g/mol. The summed E-state index contributed by atoms with van der Waals surface area (Å²) >= 11 is 1.25. The van der Waals surface area contributed by atoms with E-state index in [1.807, 2.05) is 44.2 Å². The van der Waals surface area contributed by atoms with Crippen molar-refractivity contribution in [1.82, 2.24) is 19.6 Å². The van der Waals surface area contributed by atoms with Crippen molar-refractivity contribution in [3.05, 3.63) is 59.3 Å². The van der Waals surface area contributed by atoms with Crippen LogP contribution in [0.15, 0.2) is 53.6 Å². The molecule has 1 saturated heterocycles. The first-order chi connectivity index (χ1) is 19.6. The molecule has 0 amide bonds. The van der Waals surface area contributed by atoms with E-state index in [9.17, 15) is 19.3 Å². The number of nitrogens with two attached hydrogens (primary N) is 1. The predicted molar refractivity (Wildman–Crippen MR) is 158 cm³/mol. The second-order valence-electron chi connectivity index (χ2n) is 9.86. The van der Waals surface area contributed by atoms with Crippen LogP contribution in [-0.2, 0) is 18.6 Å². The van der Waals surface area contributed by atoms with Crippen LogP contribution >= 0.6 is 19.5 Å². The molecule has 2 heterocycles. The number of nitrogens with zero attached hydrogens (tertiary/aromatic N) is 3. The first kappa shape index (κ1) is 31.0. The molecule has 222 valence electrons. The van der Waals surface area contributed by atoms with Gasteiger partial charge in [-0.3, -0.25) is 13.9 Å². The fourth-order valence-corrected chi connectivity index (χ4v) is 7.46. The van der Waals surface area contributed by atoms with Crippen molar-refractivity contribution in [2.24, 2.45) is 5.92 Å². The quantitative estimate of drug-likeness (QED) is 0.190. The van der Waals surface area contributed by atoms with Gasteiger partial charge < -0.3 is 20.1 Å². The molecular weight excluding hydrogens is 569 g/mol. The summed E-state index contributed by atoms with van der Waals surface area (Å²) in [6, 6.07) is 11.8. The zero-order valence-electron chi connectivity index (χ0n) is 23.2. The lowest BCUT2D eigenvalue weighted by atomic mass is 10.1. The maximum absolute atomic E-state index is 14.2. The average Bonchev–Trinajstić information content (AvgIpc) is 3.32. The van der Waals surface area contributed by atoms with E-state index < -0.39 is 42.2 Å². The minimum atomic E-state index is -4.19. The molecule has 4 N–H and O–H groups in total. The molecule has 0 bridgehead atoms. The van der Waals surface area contributed by atoms with Crippen molar-refractivity contribution in [2.45, 2.75) is 62.8 Å². The number of aromatic nitrogens is 3. The van der Waals surface area contributed by atoms with Gasteiger partial charge in [-0.1, -0.05) is 63.1 Å². The van der Waals surface area contributed by atoms with Gasteiger partial charge in [0, 0.05) is 11.8 Å². The summed E-state index contributed by atoms with van der Waals surface area (Å²) in [5.41, 5.74) is 4.90. The fraction of sp³-hybridized carbons (Fsp3) is 0.481. The van der Waals surface area contributed by atoms with Gasteiger partial charge in [-0.05, 0) is 24.3 Å². The first-order valence-electron chi connectivity index (χ1n) is 13.5. The highest BCUT2D eigenvalue weighted by Crippen LogP contribution is 2.49. The Bertz CT molecular complexity index is 1450. The summed E-state index contributed by atoms with van der Waals surface area (Å²) in [7, 11) is -4.19. The summed E-state index contributed by atoms with van der Waals surface area (Å²) < 4.78 is 32.7. The number of aliphatic hydroxyl groups excluding tert-OH is 1. The largest absolute Gasteiger partial charge is 0.464 e. The Balaban J connectivity index is 1.51. The van der Waals surface area contributed by atoms with Crippen LogP contribution < -0.4 is 21.0 Å². The van der Waals surface area contributed by atoms with Gasteiger partial charge in [0.15, 0.2) is 0 Å².